The summed E-state index contributed by atoms with van der Waals surface area (Å²) in [6.07, 6.45) is 8.19. The van der Waals surface area contributed by atoms with Gasteiger partial charge in [-0.1, -0.05) is 6.07 Å². The Labute approximate surface area is 148 Å². The lowest BCUT2D eigenvalue weighted by molar-refractivity contribution is -0.132. The summed E-state index contributed by atoms with van der Waals surface area (Å²) in [7, 11) is 0. The second-order valence-electron chi connectivity index (χ2n) is 7.37. The highest BCUT2D eigenvalue weighted by atomic mass is 16.2. The first-order valence-corrected chi connectivity index (χ1v) is 9.59. The normalized spacial score (nSPS) is 20.2. The molecular weight excluding hydrogens is 314 g/mol. The van der Waals surface area contributed by atoms with E-state index in [0.29, 0.717) is 18.2 Å². The predicted molar refractivity (Wildman–Crippen MR) is 96.4 cm³/mol. The summed E-state index contributed by atoms with van der Waals surface area (Å²) in [5.74, 6) is 2.50. The first-order chi connectivity index (χ1) is 12.3. The van der Waals surface area contributed by atoms with Gasteiger partial charge >= 0.3 is 0 Å². The van der Waals surface area contributed by atoms with Crippen molar-refractivity contribution < 1.29 is 4.79 Å². The van der Waals surface area contributed by atoms with Crippen molar-refractivity contribution in [3.63, 3.8) is 0 Å². The molecular formula is C19H27N5O. The zero-order valence-corrected chi connectivity index (χ0v) is 14.7. The molecule has 4 heterocycles. The van der Waals surface area contributed by atoms with Crippen LogP contribution in [0.3, 0.4) is 0 Å². The molecule has 2 aliphatic rings. The molecule has 1 N–H and O–H groups in total. The number of fused-ring (bicyclic) bond motifs is 1. The van der Waals surface area contributed by atoms with Gasteiger partial charge in [0, 0.05) is 31.6 Å². The van der Waals surface area contributed by atoms with E-state index in [9.17, 15) is 4.79 Å². The maximum absolute atomic E-state index is 12.5. The van der Waals surface area contributed by atoms with Crippen LogP contribution in [0.2, 0.25) is 0 Å². The van der Waals surface area contributed by atoms with Crippen molar-refractivity contribution in [2.24, 2.45) is 5.92 Å². The van der Waals surface area contributed by atoms with Gasteiger partial charge in [0.25, 0.3) is 0 Å². The molecule has 0 saturated carbocycles. The van der Waals surface area contributed by atoms with Crippen molar-refractivity contribution in [1.82, 2.24) is 24.8 Å². The number of carbonyl (C=O) groups excluding carboxylic acids is 1. The van der Waals surface area contributed by atoms with Gasteiger partial charge in [-0.3, -0.25) is 9.20 Å². The Balaban J connectivity index is 1.29. The van der Waals surface area contributed by atoms with Crippen LogP contribution in [-0.2, 0) is 4.79 Å². The molecule has 0 bridgehead atoms. The van der Waals surface area contributed by atoms with Gasteiger partial charge in [0.15, 0.2) is 5.65 Å². The molecule has 2 fully saturated rings. The van der Waals surface area contributed by atoms with Gasteiger partial charge in [-0.2, -0.15) is 0 Å². The van der Waals surface area contributed by atoms with Crippen LogP contribution in [0.1, 0.15) is 50.3 Å². The van der Waals surface area contributed by atoms with Gasteiger partial charge in [0.1, 0.15) is 5.82 Å². The minimum Gasteiger partial charge on any atom is -0.343 e. The van der Waals surface area contributed by atoms with Crippen molar-refractivity contribution >= 4 is 11.6 Å². The van der Waals surface area contributed by atoms with Gasteiger partial charge in [-0.05, 0) is 63.2 Å². The van der Waals surface area contributed by atoms with Crippen molar-refractivity contribution in [3.8, 4) is 0 Å². The fourth-order valence-electron chi connectivity index (χ4n) is 4.18. The van der Waals surface area contributed by atoms with E-state index >= 15 is 0 Å². The van der Waals surface area contributed by atoms with Crippen LogP contribution in [0, 0.1) is 5.92 Å². The minimum atomic E-state index is 0.336. The first kappa shape index (κ1) is 16.5. The molecule has 0 spiro atoms. The Morgan fingerprint density at radius 1 is 1.12 bits per heavy atom. The number of rotatable bonds is 4. The van der Waals surface area contributed by atoms with Crippen LogP contribution in [0.25, 0.3) is 5.65 Å². The monoisotopic (exact) mass is 341 g/mol. The van der Waals surface area contributed by atoms with Crippen molar-refractivity contribution in [2.45, 2.75) is 44.4 Å². The number of pyridine rings is 1. The van der Waals surface area contributed by atoms with E-state index in [1.54, 1.807) is 0 Å². The lowest BCUT2D eigenvalue weighted by Crippen LogP contribution is -2.38. The molecule has 0 aliphatic carbocycles. The number of amides is 1. The van der Waals surface area contributed by atoms with E-state index in [2.05, 4.69) is 24.8 Å². The standard InChI is InChI=1S/C19H27N5O/c25-18(5-4-15-6-10-20-11-7-15)23-13-8-16(9-14-23)19-22-21-17-3-1-2-12-24(17)19/h1-3,12,15-16,20H,4-11,13-14H2. The van der Waals surface area contributed by atoms with Gasteiger partial charge < -0.3 is 10.2 Å². The van der Waals surface area contributed by atoms with Crippen molar-refractivity contribution in [1.29, 1.82) is 0 Å². The molecule has 6 heteroatoms. The van der Waals surface area contributed by atoms with E-state index < -0.39 is 0 Å². The summed E-state index contributed by atoms with van der Waals surface area (Å²) in [5.41, 5.74) is 0.901. The summed E-state index contributed by atoms with van der Waals surface area (Å²) >= 11 is 0. The van der Waals surface area contributed by atoms with E-state index in [4.69, 9.17) is 0 Å². The molecule has 0 aromatic carbocycles. The Kier molecular flexibility index (Phi) is 4.97. The summed E-state index contributed by atoms with van der Waals surface area (Å²) in [6.45, 7) is 3.90. The maximum Gasteiger partial charge on any atom is 0.222 e. The van der Waals surface area contributed by atoms with E-state index in [1.165, 1.54) is 12.8 Å². The second kappa shape index (κ2) is 7.52. The van der Waals surface area contributed by atoms with Crippen LogP contribution in [0.5, 0.6) is 0 Å². The molecule has 6 nitrogen and oxygen atoms in total. The zero-order chi connectivity index (χ0) is 17.1. The van der Waals surface area contributed by atoms with Crippen molar-refractivity contribution in [2.75, 3.05) is 26.2 Å². The molecule has 0 atom stereocenters. The predicted octanol–water partition coefficient (Wildman–Crippen LogP) is 2.22. The lowest BCUT2D eigenvalue weighted by atomic mass is 9.92. The summed E-state index contributed by atoms with van der Waals surface area (Å²) in [5, 5.41) is 12.0. The third kappa shape index (κ3) is 3.68. The van der Waals surface area contributed by atoms with Crippen LogP contribution in [0.15, 0.2) is 24.4 Å². The molecule has 25 heavy (non-hydrogen) atoms. The van der Waals surface area contributed by atoms with E-state index in [1.807, 2.05) is 24.4 Å². The summed E-state index contributed by atoms with van der Waals surface area (Å²) < 4.78 is 2.08. The molecule has 2 aromatic heterocycles. The average Bonchev–Trinajstić information content (AvgIpc) is 3.11. The molecule has 2 aliphatic heterocycles. The minimum absolute atomic E-state index is 0.336. The zero-order valence-electron chi connectivity index (χ0n) is 14.7. The smallest absolute Gasteiger partial charge is 0.222 e. The number of nitrogens with one attached hydrogen (secondary N) is 1. The molecule has 2 saturated heterocycles. The van der Waals surface area contributed by atoms with Crippen LogP contribution in [0.4, 0.5) is 0 Å². The van der Waals surface area contributed by atoms with E-state index in [-0.39, 0.29) is 0 Å². The fourth-order valence-corrected chi connectivity index (χ4v) is 4.18. The number of carbonyl (C=O) groups is 1. The molecule has 1 amide bonds. The number of piperidine rings is 2. The van der Waals surface area contributed by atoms with E-state index in [0.717, 1.165) is 62.8 Å². The number of likely N-dealkylation sites (tertiary alicyclic amines) is 1. The number of hydrogen-bond donors (Lipinski definition) is 1. The quantitative estimate of drug-likeness (QED) is 0.926. The number of aromatic nitrogens is 3. The highest BCUT2D eigenvalue weighted by molar-refractivity contribution is 5.76. The second-order valence-corrected chi connectivity index (χ2v) is 7.37. The third-order valence-electron chi connectivity index (χ3n) is 5.78. The SMILES string of the molecule is O=C(CCC1CCNCC1)N1CCC(c2nnc3ccccn23)CC1. The van der Waals surface area contributed by atoms with Crippen LogP contribution in [-0.4, -0.2) is 51.6 Å². The van der Waals surface area contributed by atoms with Crippen LogP contribution < -0.4 is 5.32 Å². The highest BCUT2D eigenvalue weighted by Gasteiger charge is 2.27. The Morgan fingerprint density at radius 2 is 1.92 bits per heavy atom. The topological polar surface area (TPSA) is 62.5 Å². The Bertz CT molecular complexity index is 713. The largest absolute Gasteiger partial charge is 0.343 e. The highest BCUT2D eigenvalue weighted by Crippen LogP contribution is 2.28. The molecule has 134 valence electrons. The van der Waals surface area contributed by atoms with Crippen molar-refractivity contribution in [3.05, 3.63) is 30.2 Å². The first-order valence-electron chi connectivity index (χ1n) is 9.59. The summed E-state index contributed by atoms with van der Waals surface area (Å²) in [4.78, 5) is 14.6. The van der Waals surface area contributed by atoms with Gasteiger partial charge in [0.05, 0.1) is 0 Å². The Hall–Kier alpha value is -1.95. The van der Waals surface area contributed by atoms with Crippen LogP contribution >= 0.6 is 0 Å². The number of hydrogen-bond acceptors (Lipinski definition) is 4. The molecule has 0 unspecified atom stereocenters. The number of nitrogens with zero attached hydrogens (tertiary/aromatic N) is 4. The molecule has 2 aromatic rings. The average molecular weight is 341 g/mol. The molecule has 4 rings (SSSR count). The third-order valence-corrected chi connectivity index (χ3v) is 5.78. The van der Waals surface area contributed by atoms with Gasteiger partial charge in [0.2, 0.25) is 5.91 Å². The maximum atomic E-state index is 12.5. The fraction of sp³-hybridized carbons (Fsp3) is 0.632. The summed E-state index contributed by atoms with van der Waals surface area (Å²) in [6, 6.07) is 5.98. The van der Waals surface area contributed by atoms with Gasteiger partial charge in [-0.15, -0.1) is 10.2 Å². The Morgan fingerprint density at radius 3 is 2.72 bits per heavy atom. The molecule has 0 radical (unpaired) electrons. The lowest BCUT2D eigenvalue weighted by Gasteiger charge is -2.32. The van der Waals surface area contributed by atoms with Gasteiger partial charge in [-0.25, -0.2) is 0 Å².